The van der Waals surface area contributed by atoms with E-state index in [0.29, 0.717) is 0 Å². The summed E-state index contributed by atoms with van der Waals surface area (Å²) in [7, 11) is 0. The molecular weight excluding hydrogens is 418 g/mol. The van der Waals surface area contributed by atoms with Crippen molar-refractivity contribution in [1.82, 2.24) is 24.6 Å². The molecule has 164 valence electrons. The van der Waals surface area contributed by atoms with Crippen molar-refractivity contribution in [2.24, 2.45) is 0 Å². The van der Waals surface area contributed by atoms with Crippen LogP contribution in [0.4, 0.5) is 0 Å². The molecule has 1 atom stereocenters. The fourth-order valence-electron chi connectivity index (χ4n) is 4.47. The number of carbonyl (C=O) groups is 1. The van der Waals surface area contributed by atoms with Gasteiger partial charge in [0, 0.05) is 27.8 Å². The van der Waals surface area contributed by atoms with Crippen LogP contribution < -0.4 is 0 Å². The Balaban J connectivity index is 1.46. The molecule has 0 unspecified atom stereocenters. The van der Waals surface area contributed by atoms with Crippen LogP contribution in [-0.2, 0) is 6.54 Å². The number of hydrogen-bond donors (Lipinski definition) is 1. The summed E-state index contributed by atoms with van der Waals surface area (Å²) in [4.78, 5) is 19.2. The van der Waals surface area contributed by atoms with Crippen LogP contribution in [0.25, 0.3) is 16.6 Å². The molecule has 0 amide bonds. The van der Waals surface area contributed by atoms with E-state index < -0.39 is 0 Å². The molecule has 2 aromatic carbocycles. The second kappa shape index (κ2) is 8.92. The summed E-state index contributed by atoms with van der Waals surface area (Å²) >= 11 is 1.47. The molecular formula is C25H27N5OS. The Morgan fingerprint density at radius 2 is 1.78 bits per heavy atom. The Kier molecular flexibility index (Phi) is 5.85. The molecule has 0 aliphatic carbocycles. The fraction of sp³-hybridized carbons (Fsp3) is 0.320. The van der Waals surface area contributed by atoms with Crippen molar-refractivity contribution in [2.45, 2.75) is 43.6 Å². The molecule has 4 aromatic rings. The lowest BCUT2D eigenvalue weighted by molar-refractivity contribution is 0.0995. The van der Waals surface area contributed by atoms with Gasteiger partial charge in [-0.1, -0.05) is 48.2 Å². The quantitative estimate of drug-likeness (QED) is 0.320. The van der Waals surface area contributed by atoms with Crippen LogP contribution in [0.2, 0.25) is 0 Å². The predicted octanol–water partition coefficient (Wildman–Crippen LogP) is 5.02. The molecule has 6 nitrogen and oxygen atoms in total. The average Bonchev–Trinajstić information content (AvgIpc) is 3.53. The smallest absolute Gasteiger partial charge is 0.196 e. The number of ketones is 1. The first-order chi connectivity index (χ1) is 15.6. The molecule has 7 heteroatoms. The maximum absolute atomic E-state index is 13.5. The number of carbonyl (C=O) groups excluding carboxylic acids is 1. The molecule has 1 aliphatic heterocycles. The number of rotatable bonds is 7. The number of fused-ring (bicyclic) bond motifs is 1. The number of aromatic amines is 1. The molecule has 0 saturated carbocycles. The highest BCUT2D eigenvalue weighted by molar-refractivity contribution is 8.00. The fourth-order valence-corrected chi connectivity index (χ4v) is 5.41. The summed E-state index contributed by atoms with van der Waals surface area (Å²) in [6, 6.07) is 18.1. The highest BCUT2D eigenvalue weighted by Crippen LogP contribution is 2.31. The number of hydrogen-bond acceptors (Lipinski definition) is 5. The third kappa shape index (κ3) is 3.98. The molecule has 0 bridgehead atoms. The molecule has 1 N–H and O–H groups in total. The Morgan fingerprint density at radius 3 is 2.56 bits per heavy atom. The zero-order valence-electron chi connectivity index (χ0n) is 18.4. The first-order valence-corrected chi connectivity index (χ1v) is 12.0. The van der Waals surface area contributed by atoms with Crippen LogP contribution in [0.5, 0.6) is 0 Å². The zero-order valence-corrected chi connectivity index (χ0v) is 19.2. The standard InChI is InChI=1S/C25H27N5OS/c1-17-23(20-12-6-7-13-21(20)26-17)24(31)18(2)32-25-28-27-22(16-29-14-8-9-15-29)30(25)19-10-4-3-5-11-19/h3-7,10-13,18,26H,8-9,14-16H2,1-2H3/t18-/m1/s1. The summed E-state index contributed by atoms with van der Waals surface area (Å²) in [5, 5.41) is 10.5. The Bertz CT molecular complexity index is 1240. The van der Waals surface area contributed by atoms with Gasteiger partial charge in [0.05, 0.1) is 11.8 Å². The van der Waals surface area contributed by atoms with Gasteiger partial charge in [-0.25, -0.2) is 0 Å². The van der Waals surface area contributed by atoms with Crippen LogP contribution in [0.15, 0.2) is 59.8 Å². The Morgan fingerprint density at radius 1 is 1.06 bits per heavy atom. The molecule has 5 rings (SSSR count). The first-order valence-electron chi connectivity index (χ1n) is 11.1. The number of nitrogens with one attached hydrogen (secondary N) is 1. The minimum absolute atomic E-state index is 0.105. The minimum atomic E-state index is -0.292. The number of nitrogens with zero attached hydrogens (tertiary/aromatic N) is 4. The van der Waals surface area contributed by atoms with E-state index in [1.54, 1.807) is 0 Å². The van der Waals surface area contributed by atoms with Crippen molar-refractivity contribution in [3.63, 3.8) is 0 Å². The largest absolute Gasteiger partial charge is 0.358 e. The minimum Gasteiger partial charge on any atom is -0.358 e. The lowest BCUT2D eigenvalue weighted by Crippen LogP contribution is -2.21. The number of para-hydroxylation sites is 2. The van der Waals surface area contributed by atoms with E-state index in [-0.39, 0.29) is 11.0 Å². The summed E-state index contributed by atoms with van der Waals surface area (Å²) in [6.45, 7) is 6.88. The van der Waals surface area contributed by atoms with Gasteiger partial charge in [-0.2, -0.15) is 0 Å². The van der Waals surface area contributed by atoms with Gasteiger partial charge < -0.3 is 4.98 Å². The summed E-state index contributed by atoms with van der Waals surface area (Å²) in [5.41, 5.74) is 3.69. The van der Waals surface area contributed by atoms with Gasteiger partial charge in [-0.3, -0.25) is 14.3 Å². The van der Waals surface area contributed by atoms with Crippen molar-refractivity contribution in [3.05, 3.63) is 71.7 Å². The van der Waals surface area contributed by atoms with E-state index in [1.807, 2.05) is 56.3 Å². The number of thioether (sulfide) groups is 1. The number of Topliss-reactive ketones (excluding diaryl/α,β-unsaturated/α-hetero) is 1. The normalized spacial score (nSPS) is 15.4. The molecule has 3 heterocycles. The third-order valence-electron chi connectivity index (χ3n) is 6.07. The lowest BCUT2D eigenvalue weighted by Gasteiger charge is -2.17. The number of benzene rings is 2. The Labute approximate surface area is 192 Å². The van der Waals surface area contributed by atoms with Gasteiger partial charge in [0.15, 0.2) is 16.8 Å². The van der Waals surface area contributed by atoms with Gasteiger partial charge in [0.2, 0.25) is 0 Å². The second-order valence-corrected chi connectivity index (χ2v) is 9.66. The number of likely N-dealkylation sites (tertiary alicyclic amines) is 1. The van der Waals surface area contributed by atoms with E-state index in [4.69, 9.17) is 0 Å². The average molecular weight is 446 g/mol. The molecule has 0 radical (unpaired) electrons. The molecule has 1 aliphatic rings. The maximum Gasteiger partial charge on any atom is 0.196 e. The van der Waals surface area contributed by atoms with Crippen LogP contribution in [-0.4, -0.2) is 48.8 Å². The molecule has 1 saturated heterocycles. The zero-order chi connectivity index (χ0) is 22.1. The summed E-state index contributed by atoms with van der Waals surface area (Å²) in [6.07, 6.45) is 2.47. The van der Waals surface area contributed by atoms with E-state index in [2.05, 4.69) is 36.8 Å². The van der Waals surface area contributed by atoms with Crippen molar-refractivity contribution in [3.8, 4) is 5.69 Å². The van der Waals surface area contributed by atoms with Crippen molar-refractivity contribution < 1.29 is 4.79 Å². The maximum atomic E-state index is 13.5. The first kappa shape index (κ1) is 21.0. The second-order valence-electron chi connectivity index (χ2n) is 8.35. The topological polar surface area (TPSA) is 66.8 Å². The van der Waals surface area contributed by atoms with Gasteiger partial charge in [-0.15, -0.1) is 10.2 Å². The monoisotopic (exact) mass is 445 g/mol. The third-order valence-corrected chi connectivity index (χ3v) is 7.11. The molecule has 0 spiro atoms. The van der Waals surface area contributed by atoms with E-state index in [0.717, 1.165) is 58.5 Å². The lowest BCUT2D eigenvalue weighted by atomic mass is 10.1. The molecule has 1 fully saturated rings. The van der Waals surface area contributed by atoms with Crippen LogP contribution in [0, 0.1) is 6.92 Å². The van der Waals surface area contributed by atoms with Gasteiger partial charge in [0.25, 0.3) is 0 Å². The van der Waals surface area contributed by atoms with E-state index >= 15 is 0 Å². The van der Waals surface area contributed by atoms with Crippen molar-refractivity contribution in [1.29, 1.82) is 0 Å². The predicted molar refractivity (Wildman–Crippen MR) is 129 cm³/mol. The van der Waals surface area contributed by atoms with Gasteiger partial charge >= 0.3 is 0 Å². The van der Waals surface area contributed by atoms with Gasteiger partial charge in [0.1, 0.15) is 0 Å². The summed E-state index contributed by atoms with van der Waals surface area (Å²) < 4.78 is 2.11. The van der Waals surface area contributed by atoms with Crippen molar-refractivity contribution in [2.75, 3.05) is 13.1 Å². The summed E-state index contributed by atoms with van der Waals surface area (Å²) in [5.74, 6) is 1.03. The molecule has 2 aromatic heterocycles. The molecule has 32 heavy (non-hydrogen) atoms. The van der Waals surface area contributed by atoms with Crippen molar-refractivity contribution >= 4 is 28.4 Å². The van der Waals surface area contributed by atoms with Crippen LogP contribution in [0.1, 0.15) is 41.6 Å². The SMILES string of the molecule is Cc1[nH]c2ccccc2c1C(=O)[C@@H](C)Sc1nnc(CN2CCCC2)n1-c1ccccc1. The van der Waals surface area contributed by atoms with E-state index in [1.165, 1.54) is 24.6 Å². The van der Waals surface area contributed by atoms with E-state index in [9.17, 15) is 4.79 Å². The highest BCUT2D eigenvalue weighted by atomic mass is 32.2. The van der Waals surface area contributed by atoms with Gasteiger partial charge in [-0.05, 0) is 58.0 Å². The number of aryl methyl sites for hydroxylation is 1. The highest BCUT2D eigenvalue weighted by Gasteiger charge is 2.26. The Hall–Kier alpha value is -2.90. The van der Waals surface area contributed by atoms with Crippen LogP contribution >= 0.6 is 11.8 Å². The number of H-pyrrole nitrogens is 1. The van der Waals surface area contributed by atoms with Crippen LogP contribution in [0.3, 0.4) is 0 Å². The number of aromatic nitrogens is 4.